The summed E-state index contributed by atoms with van der Waals surface area (Å²) in [4.78, 5) is 0. The highest BCUT2D eigenvalue weighted by Crippen LogP contribution is 2.22. The molecule has 1 heteroatoms. The van der Waals surface area contributed by atoms with Crippen LogP contribution < -0.4 is 0 Å². The Balaban J connectivity index is 3.86. The topological polar surface area (TPSA) is 9.23 Å². The number of unbranched alkanes of at least 4 members (excludes halogenated alkanes) is 2. The smallest absolute Gasteiger partial charge is 0.0943 e. The Kier molecular flexibility index (Phi) is 7.86. The summed E-state index contributed by atoms with van der Waals surface area (Å²) in [5, 5.41) is 0. The van der Waals surface area contributed by atoms with E-state index >= 15 is 0 Å². The van der Waals surface area contributed by atoms with Crippen LogP contribution in [0.3, 0.4) is 0 Å². The van der Waals surface area contributed by atoms with E-state index in [9.17, 15) is 0 Å². The summed E-state index contributed by atoms with van der Waals surface area (Å²) in [6, 6.07) is 0. The van der Waals surface area contributed by atoms with Gasteiger partial charge in [-0.3, -0.25) is 0 Å². The SMILES string of the molecule is CC=C(OC)C(CC)CCCCC. The van der Waals surface area contributed by atoms with E-state index in [4.69, 9.17) is 4.74 Å². The zero-order valence-electron chi connectivity index (χ0n) is 9.60. The lowest BCUT2D eigenvalue weighted by molar-refractivity contribution is 0.229. The summed E-state index contributed by atoms with van der Waals surface area (Å²) in [5.74, 6) is 1.81. The number of allylic oxidation sites excluding steroid dienone is 2. The molecule has 0 radical (unpaired) electrons. The largest absolute Gasteiger partial charge is 0.501 e. The summed E-state index contributed by atoms with van der Waals surface area (Å²) < 4.78 is 5.34. The van der Waals surface area contributed by atoms with Crippen molar-refractivity contribution in [3.63, 3.8) is 0 Å². The van der Waals surface area contributed by atoms with Gasteiger partial charge in [-0.25, -0.2) is 0 Å². The maximum atomic E-state index is 5.34. The lowest BCUT2D eigenvalue weighted by Crippen LogP contribution is -2.04. The molecule has 1 atom stereocenters. The van der Waals surface area contributed by atoms with Gasteiger partial charge in [-0.2, -0.15) is 0 Å². The van der Waals surface area contributed by atoms with Crippen molar-refractivity contribution >= 4 is 0 Å². The van der Waals surface area contributed by atoms with E-state index < -0.39 is 0 Å². The molecule has 0 aliphatic carbocycles. The third-order valence-electron chi connectivity index (χ3n) is 2.57. The number of methoxy groups -OCH3 is 1. The number of ether oxygens (including phenoxy) is 1. The molecule has 13 heavy (non-hydrogen) atoms. The van der Waals surface area contributed by atoms with Crippen LogP contribution in [0.4, 0.5) is 0 Å². The van der Waals surface area contributed by atoms with Crippen LogP contribution in [0.15, 0.2) is 11.8 Å². The van der Waals surface area contributed by atoms with E-state index in [1.54, 1.807) is 7.11 Å². The van der Waals surface area contributed by atoms with Gasteiger partial charge in [0.1, 0.15) is 0 Å². The van der Waals surface area contributed by atoms with Gasteiger partial charge in [0.25, 0.3) is 0 Å². The second-order valence-electron chi connectivity index (χ2n) is 3.50. The Hall–Kier alpha value is -0.460. The Morgan fingerprint density at radius 3 is 2.38 bits per heavy atom. The Labute approximate surface area is 83.2 Å². The van der Waals surface area contributed by atoms with Crippen LogP contribution in [-0.2, 0) is 4.74 Å². The molecule has 0 heterocycles. The molecule has 0 aromatic heterocycles. The average Bonchev–Trinajstić information content (AvgIpc) is 2.17. The van der Waals surface area contributed by atoms with Crippen LogP contribution in [0.5, 0.6) is 0 Å². The standard InChI is InChI=1S/C12H24O/c1-5-8-9-10-11(6-2)12(7-3)13-4/h7,11H,5-6,8-10H2,1-4H3. The maximum absolute atomic E-state index is 5.34. The predicted molar refractivity (Wildman–Crippen MR) is 58.7 cm³/mol. The molecular formula is C12H24O. The molecule has 0 aliphatic heterocycles. The minimum Gasteiger partial charge on any atom is -0.501 e. The van der Waals surface area contributed by atoms with E-state index in [1.807, 2.05) is 0 Å². The third-order valence-corrected chi connectivity index (χ3v) is 2.57. The summed E-state index contributed by atoms with van der Waals surface area (Å²) in [5.41, 5.74) is 0. The highest BCUT2D eigenvalue weighted by atomic mass is 16.5. The van der Waals surface area contributed by atoms with Crippen molar-refractivity contribution in [1.29, 1.82) is 0 Å². The molecular weight excluding hydrogens is 160 g/mol. The molecule has 0 aromatic rings. The zero-order chi connectivity index (χ0) is 10.1. The lowest BCUT2D eigenvalue weighted by Gasteiger charge is -2.17. The van der Waals surface area contributed by atoms with Crippen LogP contribution in [0.25, 0.3) is 0 Å². The van der Waals surface area contributed by atoms with Crippen molar-refractivity contribution in [1.82, 2.24) is 0 Å². The van der Waals surface area contributed by atoms with Crippen molar-refractivity contribution in [2.45, 2.75) is 52.9 Å². The monoisotopic (exact) mass is 184 g/mol. The molecule has 78 valence electrons. The maximum Gasteiger partial charge on any atom is 0.0943 e. The number of hydrogen-bond donors (Lipinski definition) is 0. The van der Waals surface area contributed by atoms with Crippen LogP contribution in [0, 0.1) is 5.92 Å². The average molecular weight is 184 g/mol. The Bertz CT molecular complexity index is 138. The van der Waals surface area contributed by atoms with Gasteiger partial charge in [0.15, 0.2) is 0 Å². The number of hydrogen-bond acceptors (Lipinski definition) is 1. The van der Waals surface area contributed by atoms with Crippen LogP contribution in [0.1, 0.15) is 52.9 Å². The summed E-state index contributed by atoms with van der Waals surface area (Å²) in [6.07, 6.45) is 8.54. The van der Waals surface area contributed by atoms with Gasteiger partial charge in [-0.15, -0.1) is 0 Å². The van der Waals surface area contributed by atoms with Crippen LogP contribution in [-0.4, -0.2) is 7.11 Å². The molecule has 0 N–H and O–H groups in total. The molecule has 0 aliphatic rings. The van der Waals surface area contributed by atoms with Crippen LogP contribution in [0.2, 0.25) is 0 Å². The van der Waals surface area contributed by atoms with Gasteiger partial charge in [-0.1, -0.05) is 33.1 Å². The fourth-order valence-electron chi connectivity index (χ4n) is 1.71. The van der Waals surface area contributed by atoms with Crippen molar-refractivity contribution < 1.29 is 4.74 Å². The quantitative estimate of drug-likeness (QED) is 0.427. The molecule has 0 saturated carbocycles. The van der Waals surface area contributed by atoms with Gasteiger partial charge in [0.2, 0.25) is 0 Å². The molecule has 0 amide bonds. The third kappa shape index (κ3) is 4.97. The van der Waals surface area contributed by atoms with Gasteiger partial charge in [0.05, 0.1) is 12.9 Å². The predicted octanol–water partition coefficient (Wildman–Crippen LogP) is 4.14. The molecule has 0 saturated heterocycles. The van der Waals surface area contributed by atoms with E-state index in [0.29, 0.717) is 5.92 Å². The van der Waals surface area contributed by atoms with E-state index in [2.05, 4.69) is 26.8 Å². The van der Waals surface area contributed by atoms with Crippen LogP contribution >= 0.6 is 0 Å². The molecule has 1 nitrogen and oxygen atoms in total. The Morgan fingerprint density at radius 2 is 2.00 bits per heavy atom. The lowest BCUT2D eigenvalue weighted by atomic mass is 9.96. The fraction of sp³-hybridized carbons (Fsp3) is 0.833. The van der Waals surface area contributed by atoms with Gasteiger partial charge >= 0.3 is 0 Å². The second kappa shape index (κ2) is 8.15. The minimum absolute atomic E-state index is 0.640. The molecule has 0 spiro atoms. The van der Waals surface area contributed by atoms with E-state index in [1.165, 1.54) is 37.9 Å². The first-order valence-corrected chi connectivity index (χ1v) is 5.50. The highest BCUT2D eigenvalue weighted by molar-refractivity contribution is 4.96. The normalized spacial score (nSPS) is 14.3. The summed E-state index contributed by atoms with van der Waals surface area (Å²) in [6.45, 7) is 6.54. The zero-order valence-corrected chi connectivity index (χ0v) is 9.60. The second-order valence-corrected chi connectivity index (χ2v) is 3.50. The molecule has 0 aromatic carbocycles. The highest BCUT2D eigenvalue weighted by Gasteiger charge is 2.10. The van der Waals surface area contributed by atoms with Gasteiger partial charge in [-0.05, 0) is 25.8 Å². The Morgan fingerprint density at radius 1 is 1.31 bits per heavy atom. The van der Waals surface area contributed by atoms with Crippen molar-refractivity contribution in [2.24, 2.45) is 5.92 Å². The minimum atomic E-state index is 0.640. The van der Waals surface area contributed by atoms with Gasteiger partial charge < -0.3 is 4.74 Å². The molecule has 0 rings (SSSR count). The van der Waals surface area contributed by atoms with E-state index in [-0.39, 0.29) is 0 Å². The van der Waals surface area contributed by atoms with Crippen molar-refractivity contribution in [2.75, 3.05) is 7.11 Å². The summed E-state index contributed by atoms with van der Waals surface area (Å²) >= 11 is 0. The molecule has 1 unspecified atom stereocenters. The molecule has 0 bridgehead atoms. The first kappa shape index (κ1) is 12.5. The number of rotatable bonds is 7. The van der Waals surface area contributed by atoms with Crippen molar-refractivity contribution in [3.8, 4) is 0 Å². The van der Waals surface area contributed by atoms with Gasteiger partial charge in [0, 0.05) is 5.92 Å². The summed E-state index contributed by atoms with van der Waals surface area (Å²) in [7, 11) is 1.78. The first-order chi connectivity index (χ1) is 6.29. The van der Waals surface area contributed by atoms with E-state index in [0.717, 1.165) is 0 Å². The molecule has 0 fully saturated rings. The fourth-order valence-corrected chi connectivity index (χ4v) is 1.71. The first-order valence-electron chi connectivity index (χ1n) is 5.50. The van der Waals surface area contributed by atoms with Crippen molar-refractivity contribution in [3.05, 3.63) is 11.8 Å².